The van der Waals surface area contributed by atoms with Gasteiger partial charge in [-0.3, -0.25) is 0 Å². The summed E-state index contributed by atoms with van der Waals surface area (Å²) in [6.45, 7) is 0. The molecule has 2 aromatic heterocycles. The smallest absolute Gasteiger partial charge is 0.173 e. The van der Waals surface area contributed by atoms with Crippen LogP contribution in [0.2, 0.25) is 0 Å². The van der Waals surface area contributed by atoms with E-state index in [1.54, 1.807) is 10.9 Å². The Morgan fingerprint density at radius 1 is 1.35 bits per heavy atom. The van der Waals surface area contributed by atoms with Gasteiger partial charge in [0.15, 0.2) is 11.7 Å². The van der Waals surface area contributed by atoms with Crippen molar-refractivity contribution in [2.45, 2.75) is 0 Å². The summed E-state index contributed by atoms with van der Waals surface area (Å²) in [5.74, 6) is 0.533. The average molecular weight is 379 g/mol. The average Bonchev–Trinajstić information content (AvgIpc) is 2.91. The van der Waals surface area contributed by atoms with E-state index in [-0.39, 0.29) is 5.84 Å². The molecule has 0 aliphatic carbocycles. The van der Waals surface area contributed by atoms with Crippen LogP contribution in [-0.2, 0) is 0 Å². The number of nitrogens with zero attached hydrogens (tertiary/aromatic N) is 4. The van der Waals surface area contributed by atoms with Crippen LogP contribution in [-0.4, -0.2) is 25.8 Å². The van der Waals surface area contributed by atoms with Crippen molar-refractivity contribution >= 4 is 39.3 Å². The van der Waals surface area contributed by atoms with E-state index in [1.165, 1.54) is 0 Å². The van der Waals surface area contributed by atoms with Gasteiger partial charge in [0.05, 0.1) is 20.8 Å². The van der Waals surface area contributed by atoms with Crippen LogP contribution in [0, 0.1) is 3.57 Å². The van der Waals surface area contributed by atoms with Crippen molar-refractivity contribution in [1.29, 1.82) is 0 Å². The summed E-state index contributed by atoms with van der Waals surface area (Å²) in [5, 5.41) is 17.2. The maximum absolute atomic E-state index is 8.94. The van der Waals surface area contributed by atoms with E-state index in [9.17, 15) is 0 Å². The molecular weight excluding hydrogens is 369 g/mol. The zero-order valence-electron chi connectivity index (χ0n) is 10.2. The molecule has 2 heterocycles. The highest BCUT2D eigenvalue weighted by Crippen LogP contribution is 2.20. The maximum Gasteiger partial charge on any atom is 0.173 e. The summed E-state index contributed by atoms with van der Waals surface area (Å²) in [6, 6.07) is 9.49. The fourth-order valence-electron chi connectivity index (χ4n) is 1.94. The van der Waals surface area contributed by atoms with Gasteiger partial charge in [-0.1, -0.05) is 23.4 Å². The molecule has 1 aromatic carbocycles. The Bertz CT molecular complexity index is 811. The molecule has 20 heavy (non-hydrogen) atoms. The molecule has 0 saturated heterocycles. The number of aromatic nitrogens is 3. The molecule has 6 nitrogen and oxygen atoms in total. The summed E-state index contributed by atoms with van der Waals surface area (Å²) in [5.41, 5.74) is 7.10. The second-order valence-corrected chi connectivity index (χ2v) is 5.39. The van der Waals surface area contributed by atoms with Crippen molar-refractivity contribution in [3.63, 3.8) is 0 Å². The Kier molecular flexibility index (Phi) is 3.26. The number of halogens is 1. The Morgan fingerprint density at radius 2 is 2.15 bits per heavy atom. The van der Waals surface area contributed by atoms with Gasteiger partial charge in [0.2, 0.25) is 0 Å². The molecule has 100 valence electrons. The molecule has 3 N–H and O–H groups in total. The molecule has 0 aliphatic rings. The van der Waals surface area contributed by atoms with Gasteiger partial charge in [-0.25, -0.2) is 9.67 Å². The third kappa shape index (κ3) is 2.20. The fourth-order valence-corrected chi connectivity index (χ4v) is 2.33. The lowest BCUT2D eigenvalue weighted by Crippen LogP contribution is -2.17. The molecule has 0 atom stereocenters. The molecule has 0 spiro atoms. The SMILES string of the molecule is NC(=NO)c1cc2ccccc2nc1-n1cc(I)cn1. The predicted molar refractivity (Wildman–Crippen MR) is 84.1 cm³/mol. The predicted octanol–water partition coefficient (Wildman–Crippen LogP) is 2.12. The Hall–Kier alpha value is -2.16. The Balaban J connectivity index is 2.32. The zero-order valence-corrected chi connectivity index (χ0v) is 12.4. The van der Waals surface area contributed by atoms with E-state index in [0.717, 1.165) is 14.5 Å². The van der Waals surface area contributed by atoms with E-state index in [2.05, 4.69) is 37.8 Å². The quantitative estimate of drug-likeness (QED) is 0.235. The number of amidine groups is 1. The fraction of sp³-hybridized carbons (Fsp3) is 0. The van der Waals surface area contributed by atoms with Crippen molar-refractivity contribution in [2.24, 2.45) is 10.9 Å². The van der Waals surface area contributed by atoms with Crippen molar-refractivity contribution in [2.75, 3.05) is 0 Å². The normalized spacial score (nSPS) is 11.9. The Labute approximate surface area is 128 Å². The van der Waals surface area contributed by atoms with E-state index in [4.69, 9.17) is 10.9 Å². The number of fused-ring (bicyclic) bond motifs is 1. The third-order valence-electron chi connectivity index (χ3n) is 2.86. The lowest BCUT2D eigenvalue weighted by Gasteiger charge is -2.09. The van der Waals surface area contributed by atoms with Crippen molar-refractivity contribution < 1.29 is 5.21 Å². The van der Waals surface area contributed by atoms with Crippen LogP contribution in [0.15, 0.2) is 47.9 Å². The van der Waals surface area contributed by atoms with Gasteiger partial charge < -0.3 is 10.9 Å². The third-order valence-corrected chi connectivity index (χ3v) is 3.41. The number of para-hydroxylation sites is 1. The van der Waals surface area contributed by atoms with Crippen LogP contribution in [0.5, 0.6) is 0 Å². The molecule has 0 unspecified atom stereocenters. The molecule has 0 fully saturated rings. The van der Waals surface area contributed by atoms with Gasteiger partial charge in [0.1, 0.15) is 0 Å². The molecule has 0 aliphatic heterocycles. The monoisotopic (exact) mass is 379 g/mol. The summed E-state index contributed by atoms with van der Waals surface area (Å²) >= 11 is 2.16. The van der Waals surface area contributed by atoms with Crippen LogP contribution >= 0.6 is 22.6 Å². The highest BCUT2D eigenvalue weighted by Gasteiger charge is 2.13. The molecule has 0 amide bonds. The number of benzene rings is 1. The van der Waals surface area contributed by atoms with Gasteiger partial charge in [0, 0.05) is 11.6 Å². The van der Waals surface area contributed by atoms with Gasteiger partial charge in [-0.05, 0) is 34.7 Å². The molecule has 3 aromatic rings. The molecule has 0 radical (unpaired) electrons. The van der Waals surface area contributed by atoms with Crippen molar-refractivity contribution in [3.05, 3.63) is 51.9 Å². The lowest BCUT2D eigenvalue weighted by atomic mass is 10.1. The molecule has 0 bridgehead atoms. The first-order valence-electron chi connectivity index (χ1n) is 5.77. The summed E-state index contributed by atoms with van der Waals surface area (Å²) < 4.78 is 2.59. The molecular formula is C13H10IN5O. The Morgan fingerprint density at radius 3 is 2.85 bits per heavy atom. The summed E-state index contributed by atoms with van der Waals surface area (Å²) in [4.78, 5) is 4.55. The van der Waals surface area contributed by atoms with Gasteiger partial charge >= 0.3 is 0 Å². The first-order chi connectivity index (χ1) is 9.69. The van der Waals surface area contributed by atoms with Crippen LogP contribution in [0.25, 0.3) is 16.7 Å². The second-order valence-electron chi connectivity index (χ2n) is 4.14. The summed E-state index contributed by atoms with van der Waals surface area (Å²) in [6.07, 6.45) is 3.54. The number of hydrogen-bond donors (Lipinski definition) is 2. The number of rotatable bonds is 2. The largest absolute Gasteiger partial charge is 0.409 e. The zero-order chi connectivity index (χ0) is 14.1. The van der Waals surface area contributed by atoms with E-state index in [0.29, 0.717) is 11.4 Å². The van der Waals surface area contributed by atoms with Crippen LogP contribution in [0.1, 0.15) is 5.56 Å². The lowest BCUT2D eigenvalue weighted by molar-refractivity contribution is 0.318. The van der Waals surface area contributed by atoms with Gasteiger partial charge in [0.25, 0.3) is 0 Å². The minimum Gasteiger partial charge on any atom is -0.409 e. The highest BCUT2D eigenvalue weighted by atomic mass is 127. The van der Waals surface area contributed by atoms with Crippen molar-refractivity contribution in [1.82, 2.24) is 14.8 Å². The van der Waals surface area contributed by atoms with E-state index in [1.807, 2.05) is 36.5 Å². The molecule has 7 heteroatoms. The van der Waals surface area contributed by atoms with Crippen LogP contribution in [0.4, 0.5) is 0 Å². The van der Waals surface area contributed by atoms with Crippen molar-refractivity contribution in [3.8, 4) is 5.82 Å². The first-order valence-corrected chi connectivity index (χ1v) is 6.85. The van der Waals surface area contributed by atoms with Crippen LogP contribution < -0.4 is 5.73 Å². The number of pyridine rings is 1. The second kappa shape index (κ2) is 5.08. The highest BCUT2D eigenvalue weighted by molar-refractivity contribution is 14.1. The number of nitrogens with two attached hydrogens (primary N) is 1. The van der Waals surface area contributed by atoms with Gasteiger partial charge in [-0.15, -0.1) is 0 Å². The maximum atomic E-state index is 8.94. The molecule has 0 saturated carbocycles. The number of oxime groups is 1. The number of hydrogen-bond acceptors (Lipinski definition) is 4. The van der Waals surface area contributed by atoms with Crippen LogP contribution in [0.3, 0.4) is 0 Å². The first kappa shape index (κ1) is 12.9. The standard InChI is InChI=1S/C13H10IN5O/c14-9-6-16-19(7-9)13-10(12(15)18-20)5-8-3-1-2-4-11(8)17-13/h1-7,20H,(H2,15,18). The molecule has 3 rings (SSSR count). The summed E-state index contributed by atoms with van der Waals surface area (Å²) in [7, 11) is 0. The van der Waals surface area contributed by atoms with Gasteiger partial charge in [-0.2, -0.15) is 5.10 Å². The minimum atomic E-state index is 0.00348. The topological polar surface area (TPSA) is 89.3 Å². The minimum absolute atomic E-state index is 0.00348. The van der Waals surface area contributed by atoms with E-state index >= 15 is 0 Å². The van der Waals surface area contributed by atoms with E-state index < -0.39 is 0 Å².